The molecule has 3 heteroatoms. The zero-order valence-electron chi connectivity index (χ0n) is 9.38. The van der Waals surface area contributed by atoms with Crippen LogP contribution < -0.4 is 5.32 Å². The number of ether oxygens (including phenoxy) is 1. The lowest BCUT2D eigenvalue weighted by molar-refractivity contribution is 0.0460. The van der Waals surface area contributed by atoms with E-state index in [1.165, 1.54) is 0 Å². The second-order valence-corrected chi connectivity index (χ2v) is 4.54. The number of hydrogen-bond acceptors (Lipinski definition) is 3. The van der Waals surface area contributed by atoms with Crippen molar-refractivity contribution in [3.8, 4) is 0 Å². The number of aliphatic hydroxyl groups is 1. The molecule has 0 amide bonds. The van der Waals surface area contributed by atoms with E-state index in [-0.39, 0.29) is 0 Å². The maximum absolute atomic E-state index is 9.77. The van der Waals surface area contributed by atoms with Crippen LogP contribution in [0.4, 0.5) is 0 Å². The SMILES string of the molecule is CCC(C)(O)CNCC1CCOCC1. The molecule has 0 aliphatic carbocycles. The Balaban J connectivity index is 2.08. The highest BCUT2D eigenvalue weighted by Gasteiger charge is 2.18. The third-order valence-electron chi connectivity index (χ3n) is 3.04. The second kappa shape index (κ2) is 5.69. The van der Waals surface area contributed by atoms with E-state index in [2.05, 4.69) is 5.32 Å². The van der Waals surface area contributed by atoms with E-state index in [1.807, 2.05) is 13.8 Å². The van der Waals surface area contributed by atoms with Crippen molar-refractivity contribution < 1.29 is 9.84 Å². The van der Waals surface area contributed by atoms with Crippen molar-refractivity contribution in [2.24, 2.45) is 5.92 Å². The van der Waals surface area contributed by atoms with Crippen LogP contribution in [0, 0.1) is 5.92 Å². The third-order valence-corrected chi connectivity index (χ3v) is 3.04. The topological polar surface area (TPSA) is 41.5 Å². The van der Waals surface area contributed by atoms with Gasteiger partial charge in [-0.25, -0.2) is 0 Å². The maximum atomic E-state index is 9.77. The Morgan fingerprint density at radius 2 is 2.07 bits per heavy atom. The quantitative estimate of drug-likeness (QED) is 0.701. The summed E-state index contributed by atoms with van der Waals surface area (Å²) in [6.45, 7) is 7.40. The van der Waals surface area contributed by atoms with Gasteiger partial charge < -0.3 is 15.2 Å². The Morgan fingerprint density at radius 1 is 1.43 bits per heavy atom. The van der Waals surface area contributed by atoms with Crippen molar-refractivity contribution in [3.63, 3.8) is 0 Å². The first-order valence-corrected chi connectivity index (χ1v) is 5.65. The van der Waals surface area contributed by atoms with Gasteiger partial charge in [0.2, 0.25) is 0 Å². The predicted octanol–water partition coefficient (Wildman–Crippen LogP) is 1.16. The van der Waals surface area contributed by atoms with Gasteiger partial charge in [-0.15, -0.1) is 0 Å². The molecule has 1 atom stereocenters. The first-order valence-electron chi connectivity index (χ1n) is 5.65. The van der Waals surface area contributed by atoms with Crippen molar-refractivity contribution in [1.82, 2.24) is 5.32 Å². The van der Waals surface area contributed by atoms with Crippen molar-refractivity contribution in [2.75, 3.05) is 26.3 Å². The van der Waals surface area contributed by atoms with Gasteiger partial charge in [-0.05, 0) is 38.6 Å². The van der Waals surface area contributed by atoms with Crippen LogP contribution in [0.15, 0.2) is 0 Å². The molecular formula is C11H23NO2. The molecule has 1 unspecified atom stereocenters. The van der Waals surface area contributed by atoms with Crippen LogP contribution in [0.25, 0.3) is 0 Å². The fraction of sp³-hybridized carbons (Fsp3) is 1.00. The molecule has 2 N–H and O–H groups in total. The Hall–Kier alpha value is -0.120. The Kier molecular flexibility index (Phi) is 4.85. The standard InChI is InChI=1S/C11H23NO2/c1-3-11(2,13)9-12-8-10-4-6-14-7-5-10/h10,12-13H,3-9H2,1-2H3. The van der Waals surface area contributed by atoms with E-state index in [4.69, 9.17) is 4.74 Å². The Morgan fingerprint density at radius 3 is 2.64 bits per heavy atom. The van der Waals surface area contributed by atoms with Gasteiger partial charge in [-0.3, -0.25) is 0 Å². The van der Waals surface area contributed by atoms with Gasteiger partial charge in [0.25, 0.3) is 0 Å². The largest absolute Gasteiger partial charge is 0.389 e. The highest BCUT2D eigenvalue weighted by atomic mass is 16.5. The van der Waals surface area contributed by atoms with E-state index < -0.39 is 5.60 Å². The molecule has 0 radical (unpaired) electrons. The molecule has 0 aromatic carbocycles. The summed E-state index contributed by atoms with van der Waals surface area (Å²) in [5.74, 6) is 0.733. The molecule has 1 aliphatic heterocycles. The molecule has 1 saturated heterocycles. The van der Waals surface area contributed by atoms with Gasteiger partial charge in [0.15, 0.2) is 0 Å². The highest BCUT2D eigenvalue weighted by Crippen LogP contribution is 2.14. The summed E-state index contributed by atoms with van der Waals surface area (Å²) in [5, 5.41) is 13.1. The van der Waals surface area contributed by atoms with Crippen LogP contribution in [-0.4, -0.2) is 37.0 Å². The van der Waals surface area contributed by atoms with Crippen LogP contribution in [0.2, 0.25) is 0 Å². The third kappa shape index (κ3) is 4.40. The molecule has 0 aromatic rings. The minimum atomic E-state index is -0.550. The first kappa shape index (κ1) is 12.0. The van der Waals surface area contributed by atoms with E-state index >= 15 is 0 Å². The number of hydrogen-bond donors (Lipinski definition) is 2. The van der Waals surface area contributed by atoms with Gasteiger partial charge in [-0.1, -0.05) is 6.92 Å². The summed E-state index contributed by atoms with van der Waals surface area (Å²) in [6, 6.07) is 0. The van der Waals surface area contributed by atoms with Gasteiger partial charge in [-0.2, -0.15) is 0 Å². The Bertz CT molecular complexity index is 153. The molecule has 1 fully saturated rings. The van der Waals surface area contributed by atoms with Crippen LogP contribution in [-0.2, 0) is 4.74 Å². The predicted molar refractivity (Wildman–Crippen MR) is 57.3 cm³/mol. The molecule has 0 aromatic heterocycles. The molecule has 84 valence electrons. The normalized spacial score (nSPS) is 23.4. The van der Waals surface area contributed by atoms with E-state index in [0.29, 0.717) is 6.54 Å². The summed E-state index contributed by atoms with van der Waals surface area (Å²) in [5.41, 5.74) is -0.550. The molecule has 0 bridgehead atoms. The minimum Gasteiger partial charge on any atom is -0.389 e. The summed E-state index contributed by atoms with van der Waals surface area (Å²) in [6.07, 6.45) is 3.11. The van der Waals surface area contributed by atoms with E-state index in [1.54, 1.807) is 0 Å². The van der Waals surface area contributed by atoms with E-state index in [0.717, 1.165) is 44.9 Å². The monoisotopic (exact) mass is 201 g/mol. The van der Waals surface area contributed by atoms with Crippen LogP contribution in [0.1, 0.15) is 33.1 Å². The van der Waals surface area contributed by atoms with Crippen LogP contribution in [0.5, 0.6) is 0 Å². The lowest BCUT2D eigenvalue weighted by atomic mass is 9.99. The van der Waals surface area contributed by atoms with Crippen molar-refractivity contribution in [2.45, 2.75) is 38.7 Å². The molecular weight excluding hydrogens is 178 g/mol. The average Bonchev–Trinajstić information content (AvgIpc) is 2.19. The average molecular weight is 201 g/mol. The highest BCUT2D eigenvalue weighted by molar-refractivity contribution is 4.75. The smallest absolute Gasteiger partial charge is 0.0740 e. The zero-order valence-corrected chi connectivity index (χ0v) is 9.38. The number of nitrogens with one attached hydrogen (secondary N) is 1. The lowest BCUT2D eigenvalue weighted by Gasteiger charge is -2.26. The molecule has 1 rings (SSSR count). The van der Waals surface area contributed by atoms with E-state index in [9.17, 15) is 5.11 Å². The molecule has 3 nitrogen and oxygen atoms in total. The Labute approximate surface area is 86.8 Å². The summed E-state index contributed by atoms with van der Waals surface area (Å²) >= 11 is 0. The van der Waals surface area contributed by atoms with Gasteiger partial charge in [0.05, 0.1) is 5.60 Å². The van der Waals surface area contributed by atoms with Crippen LogP contribution in [0.3, 0.4) is 0 Å². The van der Waals surface area contributed by atoms with Gasteiger partial charge in [0.1, 0.15) is 0 Å². The molecule has 14 heavy (non-hydrogen) atoms. The summed E-state index contributed by atoms with van der Waals surface area (Å²) in [4.78, 5) is 0. The van der Waals surface area contributed by atoms with Crippen molar-refractivity contribution >= 4 is 0 Å². The second-order valence-electron chi connectivity index (χ2n) is 4.54. The maximum Gasteiger partial charge on any atom is 0.0740 e. The zero-order chi connectivity index (χ0) is 10.4. The fourth-order valence-electron chi connectivity index (χ4n) is 1.62. The summed E-state index contributed by atoms with van der Waals surface area (Å²) in [7, 11) is 0. The van der Waals surface area contributed by atoms with Crippen LogP contribution >= 0.6 is 0 Å². The molecule has 1 heterocycles. The van der Waals surface area contributed by atoms with Crippen molar-refractivity contribution in [3.05, 3.63) is 0 Å². The minimum absolute atomic E-state index is 0.550. The molecule has 1 aliphatic rings. The molecule has 0 saturated carbocycles. The van der Waals surface area contributed by atoms with Gasteiger partial charge >= 0.3 is 0 Å². The van der Waals surface area contributed by atoms with Gasteiger partial charge in [0, 0.05) is 19.8 Å². The van der Waals surface area contributed by atoms with Crippen molar-refractivity contribution in [1.29, 1.82) is 0 Å². The number of rotatable bonds is 5. The molecule has 0 spiro atoms. The first-order chi connectivity index (χ1) is 6.64. The summed E-state index contributed by atoms with van der Waals surface area (Å²) < 4.78 is 5.29. The fourth-order valence-corrected chi connectivity index (χ4v) is 1.62. The lowest BCUT2D eigenvalue weighted by Crippen LogP contribution is -2.39.